The number of carboxylic acid groups (broad SMARTS) is 1. The summed E-state index contributed by atoms with van der Waals surface area (Å²) in [4.78, 5) is 42.4. The fraction of sp³-hybridized carbons (Fsp3) is 0.429. The Hall–Kier alpha value is -2.94. The third kappa shape index (κ3) is 4.16. The van der Waals surface area contributed by atoms with Gasteiger partial charge in [-0.05, 0) is 30.5 Å². The SMILES string of the molecule is Cc1c(C(=O)OCC(C)C)sc2nc(C(C)C)n(Cc3ccc(C(=O)O)o3)c(=O)c12. The van der Waals surface area contributed by atoms with Gasteiger partial charge >= 0.3 is 11.9 Å². The van der Waals surface area contributed by atoms with E-state index in [1.54, 1.807) is 6.92 Å². The lowest BCUT2D eigenvalue weighted by molar-refractivity contribution is 0.0463. The van der Waals surface area contributed by atoms with Gasteiger partial charge in [0.15, 0.2) is 0 Å². The number of aromatic carboxylic acids is 1. The standard InChI is InChI=1S/C21H24N2O6S/c1-10(2)9-28-21(27)16-12(5)15-18(30-16)22-17(11(3)4)23(19(15)24)8-13-6-7-14(29-13)20(25)26/h6-7,10-11H,8-9H2,1-5H3,(H,25,26). The third-order valence-corrected chi connectivity index (χ3v) is 5.68. The minimum absolute atomic E-state index is 0.0466. The number of thiophene rings is 1. The van der Waals surface area contributed by atoms with Crippen molar-refractivity contribution in [1.29, 1.82) is 0 Å². The number of carboxylic acids is 1. The maximum absolute atomic E-state index is 13.3. The second-order valence-corrected chi connectivity index (χ2v) is 8.81. The first-order valence-corrected chi connectivity index (χ1v) is 10.4. The highest BCUT2D eigenvalue weighted by Crippen LogP contribution is 2.29. The summed E-state index contributed by atoms with van der Waals surface area (Å²) in [5.41, 5.74) is 0.240. The van der Waals surface area contributed by atoms with Crippen LogP contribution in [0, 0.1) is 12.8 Å². The molecule has 30 heavy (non-hydrogen) atoms. The molecule has 0 spiro atoms. The van der Waals surface area contributed by atoms with Gasteiger partial charge in [-0.2, -0.15) is 0 Å². The van der Waals surface area contributed by atoms with Crippen LogP contribution in [0.15, 0.2) is 21.3 Å². The third-order valence-electron chi connectivity index (χ3n) is 4.52. The lowest BCUT2D eigenvalue weighted by Crippen LogP contribution is -2.26. The maximum Gasteiger partial charge on any atom is 0.371 e. The van der Waals surface area contributed by atoms with Crippen LogP contribution in [0.1, 0.15) is 71.0 Å². The summed E-state index contributed by atoms with van der Waals surface area (Å²) in [5, 5.41) is 9.42. The van der Waals surface area contributed by atoms with Crippen molar-refractivity contribution in [2.75, 3.05) is 6.61 Å². The van der Waals surface area contributed by atoms with Gasteiger partial charge in [-0.25, -0.2) is 14.6 Å². The van der Waals surface area contributed by atoms with Crippen molar-refractivity contribution in [1.82, 2.24) is 9.55 Å². The molecule has 0 aliphatic rings. The predicted molar refractivity (Wildman–Crippen MR) is 113 cm³/mol. The summed E-state index contributed by atoms with van der Waals surface area (Å²) < 4.78 is 12.1. The van der Waals surface area contributed by atoms with Crippen LogP contribution in [0.25, 0.3) is 10.2 Å². The first-order chi connectivity index (χ1) is 14.1. The number of rotatable bonds is 7. The smallest absolute Gasteiger partial charge is 0.371 e. The van der Waals surface area contributed by atoms with Crippen molar-refractivity contribution < 1.29 is 23.8 Å². The molecule has 3 heterocycles. The summed E-state index contributed by atoms with van der Waals surface area (Å²) >= 11 is 1.15. The molecular weight excluding hydrogens is 408 g/mol. The molecule has 3 rings (SSSR count). The normalized spacial score (nSPS) is 11.6. The van der Waals surface area contributed by atoms with Crippen LogP contribution < -0.4 is 5.56 Å². The van der Waals surface area contributed by atoms with Gasteiger partial charge in [0.2, 0.25) is 5.76 Å². The topological polar surface area (TPSA) is 112 Å². The van der Waals surface area contributed by atoms with E-state index in [2.05, 4.69) is 4.98 Å². The minimum Gasteiger partial charge on any atom is -0.475 e. The van der Waals surface area contributed by atoms with Gasteiger partial charge in [-0.1, -0.05) is 27.7 Å². The van der Waals surface area contributed by atoms with E-state index in [9.17, 15) is 14.4 Å². The number of esters is 1. The molecule has 1 N–H and O–H groups in total. The predicted octanol–water partition coefficient (Wildman–Crippen LogP) is 4.04. The Labute approximate surface area is 177 Å². The molecule has 0 aliphatic heterocycles. The monoisotopic (exact) mass is 432 g/mol. The van der Waals surface area contributed by atoms with E-state index in [1.807, 2.05) is 27.7 Å². The van der Waals surface area contributed by atoms with Gasteiger partial charge in [-0.3, -0.25) is 9.36 Å². The number of nitrogens with zero attached hydrogens (tertiary/aromatic N) is 2. The molecule has 0 bridgehead atoms. The zero-order valence-electron chi connectivity index (χ0n) is 17.5. The van der Waals surface area contributed by atoms with E-state index < -0.39 is 11.9 Å². The lowest BCUT2D eigenvalue weighted by Gasteiger charge is -2.14. The van der Waals surface area contributed by atoms with Gasteiger partial charge < -0.3 is 14.3 Å². The van der Waals surface area contributed by atoms with E-state index in [1.165, 1.54) is 16.7 Å². The molecule has 0 aromatic carbocycles. The molecule has 0 aliphatic carbocycles. The molecule has 0 atom stereocenters. The lowest BCUT2D eigenvalue weighted by atomic mass is 10.1. The number of hydrogen-bond acceptors (Lipinski definition) is 7. The molecule has 0 unspecified atom stereocenters. The van der Waals surface area contributed by atoms with Crippen LogP contribution in [0.4, 0.5) is 0 Å². The van der Waals surface area contributed by atoms with Crippen molar-refractivity contribution in [2.24, 2.45) is 5.92 Å². The summed E-state index contributed by atoms with van der Waals surface area (Å²) in [7, 11) is 0. The summed E-state index contributed by atoms with van der Waals surface area (Å²) in [6, 6.07) is 2.88. The van der Waals surface area contributed by atoms with Crippen LogP contribution in [-0.4, -0.2) is 33.2 Å². The Bertz CT molecular complexity index is 1170. The first-order valence-electron chi connectivity index (χ1n) is 9.63. The molecule has 0 amide bonds. The van der Waals surface area contributed by atoms with Crippen molar-refractivity contribution in [3.63, 3.8) is 0 Å². The van der Waals surface area contributed by atoms with Crippen LogP contribution in [0.2, 0.25) is 0 Å². The maximum atomic E-state index is 13.3. The molecule has 8 nitrogen and oxygen atoms in total. The van der Waals surface area contributed by atoms with E-state index in [4.69, 9.17) is 14.3 Å². The number of ether oxygens (including phenoxy) is 1. The van der Waals surface area contributed by atoms with Crippen molar-refractivity contribution in [2.45, 2.75) is 47.1 Å². The van der Waals surface area contributed by atoms with E-state index in [-0.39, 0.29) is 29.7 Å². The van der Waals surface area contributed by atoms with Crippen LogP contribution in [-0.2, 0) is 11.3 Å². The molecule has 0 radical (unpaired) electrons. The van der Waals surface area contributed by atoms with Gasteiger partial charge in [-0.15, -0.1) is 11.3 Å². The number of carbonyl (C=O) groups is 2. The molecule has 160 valence electrons. The Morgan fingerprint density at radius 2 is 1.97 bits per heavy atom. The Balaban J connectivity index is 2.10. The largest absolute Gasteiger partial charge is 0.475 e. The van der Waals surface area contributed by atoms with Crippen molar-refractivity contribution >= 4 is 33.5 Å². The van der Waals surface area contributed by atoms with E-state index in [0.29, 0.717) is 38.8 Å². The Morgan fingerprint density at radius 3 is 2.53 bits per heavy atom. The molecule has 9 heteroatoms. The van der Waals surface area contributed by atoms with Gasteiger partial charge in [0.25, 0.3) is 5.56 Å². The summed E-state index contributed by atoms with van der Waals surface area (Å²) in [6.45, 7) is 9.77. The molecule has 0 saturated carbocycles. The molecule has 0 saturated heterocycles. The van der Waals surface area contributed by atoms with Gasteiger partial charge in [0.05, 0.1) is 18.5 Å². The molecular formula is C21H24N2O6S. The zero-order valence-corrected chi connectivity index (χ0v) is 18.3. The molecule has 3 aromatic rings. The molecule has 3 aromatic heterocycles. The number of fused-ring (bicyclic) bond motifs is 1. The first kappa shape index (κ1) is 21.8. The highest BCUT2D eigenvalue weighted by molar-refractivity contribution is 7.20. The number of aryl methyl sites for hydroxylation is 1. The zero-order chi connectivity index (χ0) is 22.2. The summed E-state index contributed by atoms with van der Waals surface area (Å²) in [5.74, 6) is -0.834. The molecule has 0 fully saturated rings. The van der Waals surface area contributed by atoms with Crippen LogP contribution >= 0.6 is 11.3 Å². The number of furan rings is 1. The highest BCUT2D eigenvalue weighted by atomic mass is 32.1. The van der Waals surface area contributed by atoms with E-state index in [0.717, 1.165) is 11.3 Å². The quantitative estimate of drug-likeness (QED) is 0.561. The van der Waals surface area contributed by atoms with Crippen LogP contribution in [0.3, 0.4) is 0 Å². The number of carbonyl (C=O) groups excluding carboxylic acids is 1. The number of hydrogen-bond donors (Lipinski definition) is 1. The average molecular weight is 432 g/mol. The Kier molecular flexibility index (Phi) is 6.12. The minimum atomic E-state index is -1.18. The second kappa shape index (κ2) is 8.43. The second-order valence-electron chi connectivity index (χ2n) is 7.82. The average Bonchev–Trinajstić information content (AvgIpc) is 3.26. The fourth-order valence-electron chi connectivity index (χ4n) is 3.06. The van der Waals surface area contributed by atoms with Crippen molar-refractivity contribution in [3.8, 4) is 0 Å². The van der Waals surface area contributed by atoms with Gasteiger partial charge in [0.1, 0.15) is 21.3 Å². The highest BCUT2D eigenvalue weighted by Gasteiger charge is 2.24. The van der Waals surface area contributed by atoms with Crippen LogP contribution in [0.5, 0.6) is 0 Å². The van der Waals surface area contributed by atoms with Crippen molar-refractivity contribution in [3.05, 3.63) is 50.3 Å². The Morgan fingerprint density at radius 1 is 1.27 bits per heavy atom. The summed E-state index contributed by atoms with van der Waals surface area (Å²) in [6.07, 6.45) is 0. The fourth-order valence-corrected chi connectivity index (χ4v) is 4.13. The number of aromatic nitrogens is 2. The van der Waals surface area contributed by atoms with E-state index >= 15 is 0 Å². The van der Waals surface area contributed by atoms with Gasteiger partial charge in [0, 0.05) is 5.92 Å².